The summed E-state index contributed by atoms with van der Waals surface area (Å²) in [4.78, 5) is 2.48. The summed E-state index contributed by atoms with van der Waals surface area (Å²) in [6.45, 7) is 9.07. The molecule has 0 spiro atoms. The van der Waals surface area contributed by atoms with Crippen LogP contribution in [0.25, 0.3) is 0 Å². The first-order valence-electron chi connectivity index (χ1n) is 8.11. The number of rotatable bonds is 9. The van der Waals surface area contributed by atoms with E-state index in [0.717, 1.165) is 37.9 Å². The van der Waals surface area contributed by atoms with Crippen molar-refractivity contribution >= 4 is 0 Å². The normalized spacial score (nSPS) is 15.2. The Morgan fingerprint density at radius 1 is 1.20 bits per heavy atom. The van der Waals surface area contributed by atoms with E-state index in [1.807, 2.05) is 0 Å². The summed E-state index contributed by atoms with van der Waals surface area (Å²) in [7, 11) is 2.26. The summed E-state index contributed by atoms with van der Waals surface area (Å²) in [5, 5.41) is 3.54. The molecule has 20 heavy (non-hydrogen) atoms. The molecule has 0 heterocycles. The van der Waals surface area contributed by atoms with Crippen LogP contribution in [-0.2, 0) is 13.0 Å². The van der Waals surface area contributed by atoms with Crippen molar-refractivity contribution in [3.05, 3.63) is 35.4 Å². The van der Waals surface area contributed by atoms with Crippen molar-refractivity contribution in [3.8, 4) is 0 Å². The van der Waals surface area contributed by atoms with Gasteiger partial charge in [-0.1, -0.05) is 38.1 Å². The van der Waals surface area contributed by atoms with Crippen LogP contribution in [0.15, 0.2) is 24.3 Å². The molecule has 1 saturated carbocycles. The predicted octanol–water partition coefficient (Wildman–Crippen LogP) is 3.32. The zero-order valence-electron chi connectivity index (χ0n) is 13.4. The molecule has 2 heteroatoms. The molecule has 0 aromatic heterocycles. The molecule has 1 aliphatic rings. The number of hydrogen-bond donors (Lipinski definition) is 1. The van der Waals surface area contributed by atoms with Crippen molar-refractivity contribution in [2.45, 2.75) is 39.7 Å². The molecule has 0 radical (unpaired) electrons. The minimum Gasteiger partial charge on any atom is -0.316 e. The lowest BCUT2D eigenvalue weighted by molar-refractivity contribution is 0.312. The van der Waals surface area contributed by atoms with Gasteiger partial charge in [-0.05, 0) is 62.4 Å². The summed E-state index contributed by atoms with van der Waals surface area (Å²) >= 11 is 0. The number of benzene rings is 1. The van der Waals surface area contributed by atoms with Crippen LogP contribution in [0.4, 0.5) is 0 Å². The molecule has 0 atom stereocenters. The molecule has 112 valence electrons. The highest BCUT2D eigenvalue weighted by atomic mass is 15.1. The highest BCUT2D eigenvalue weighted by Crippen LogP contribution is 2.29. The third kappa shape index (κ3) is 5.64. The van der Waals surface area contributed by atoms with Crippen molar-refractivity contribution in [1.82, 2.24) is 10.2 Å². The molecule has 1 fully saturated rings. The molecule has 0 aliphatic heterocycles. The first-order valence-corrected chi connectivity index (χ1v) is 8.11. The van der Waals surface area contributed by atoms with E-state index in [2.05, 4.69) is 55.4 Å². The van der Waals surface area contributed by atoms with E-state index in [1.54, 1.807) is 0 Å². The molecule has 1 aromatic rings. The molecule has 1 N–H and O–H groups in total. The second-order valence-electron chi connectivity index (χ2n) is 6.76. The molecule has 1 aromatic carbocycles. The molecule has 0 amide bonds. The Morgan fingerprint density at radius 3 is 2.55 bits per heavy atom. The van der Waals surface area contributed by atoms with Crippen LogP contribution in [0.1, 0.15) is 37.8 Å². The van der Waals surface area contributed by atoms with Gasteiger partial charge in [0.05, 0.1) is 0 Å². The monoisotopic (exact) mass is 274 g/mol. The Kier molecular flexibility index (Phi) is 6.06. The summed E-state index contributed by atoms with van der Waals surface area (Å²) in [6.07, 6.45) is 4.01. The maximum absolute atomic E-state index is 3.54. The fourth-order valence-electron chi connectivity index (χ4n) is 2.67. The summed E-state index contributed by atoms with van der Waals surface area (Å²) in [5.41, 5.74) is 3.01. The fourth-order valence-corrected chi connectivity index (χ4v) is 2.67. The molecule has 1 aliphatic carbocycles. The van der Waals surface area contributed by atoms with Gasteiger partial charge in [0.2, 0.25) is 0 Å². The van der Waals surface area contributed by atoms with Gasteiger partial charge in [-0.2, -0.15) is 0 Å². The summed E-state index contributed by atoms with van der Waals surface area (Å²) in [5.74, 6) is 1.70. The van der Waals surface area contributed by atoms with E-state index in [1.165, 1.54) is 30.5 Å². The lowest BCUT2D eigenvalue weighted by Gasteiger charge is -2.19. The molecule has 0 bridgehead atoms. The van der Waals surface area contributed by atoms with Crippen LogP contribution in [0.5, 0.6) is 0 Å². The number of nitrogens with one attached hydrogen (secondary N) is 1. The fraction of sp³-hybridized carbons (Fsp3) is 0.667. The number of hydrogen-bond acceptors (Lipinski definition) is 2. The van der Waals surface area contributed by atoms with Crippen LogP contribution in [0.2, 0.25) is 0 Å². The molecule has 2 nitrogen and oxygen atoms in total. The minimum atomic E-state index is 0.731. The van der Waals surface area contributed by atoms with Crippen LogP contribution in [0.3, 0.4) is 0 Å². The van der Waals surface area contributed by atoms with Crippen LogP contribution in [0, 0.1) is 11.8 Å². The molecular formula is C18H30N2. The quantitative estimate of drug-likeness (QED) is 0.695. The van der Waals surface area contributed by atoms with Gasteiger partial charge in [0.25, 0.3) is 0 Å². The summed E-state index contributed by atoms with van der Waals surface area (Å²) in [6, 6.07) is 8.92. The molecule has 2 rings (SSSR count). The van der Waals surface area contributed by atoms with Gasteiger partial charge < -0.3 is 10.2 Å². The zero-order valence-corrected chi connectivity index (χ0v) is 13.4. The lowest BCUT2D eigenvalue weighted by atomic mass is 10.0. The average molecular weight is 274 g/mol. The maximum atomic E-state index is 3.54. The predicted molar refractivity (Wildman–Crippen MR) is 86.9 cm³/mol. The third-order valence-electron chi connectivity index (χ3n) is 3.95. The second kappa shape index (κ2) is 7.80. The number of nitrogens with zero attached hydrogens (tertiary/aromatic N) is 1. The van der Waals surface area contributed by atoms with E-state index in [-0.39, 0.29) is 0 Å². The van der Waals surface area contributed by atoms with E-state index < -0.39 is 0 Å². The van der Waals surface area contributed by atoms with Gasteiger partial charge >= 0.3 is 0 Å². The van der Waals surface area contributed by atoms with Crippen molar-refractivity contribution in [2.75, 3.05) is 26.7 Å². The lowest BCUT2D eigenvalue weighted by Crippen LogP contribution is -2.24. The molecule has 0 saturated heterocycles. The van der Waals surface area contributed by atoms with E-state index in [4.69, 9.17) is 0 Å². The van der Waals surface area contributed by atoms with E-state index >= 15 is 0 Å². The topological polar surface area (TPSA) is 15.3 Å². The standard InChI is InChI=1S/C18H30N2/c1-15(2)12-19-11-10-17-6-4-5-7-18(17)14-20(3)13-16-8-9-16/h4-7,15-16,19H,8-14H2,1-3H3. The smallest absolute Gasteiger partial charge is 0.0233 e. The zero-order chi connectivity index (χ0) is 14.4. The largest absolute Gasteiger partial charge is 0.316 e. The second-order valence-corrected chi connectivity index (χ2v) is 6.76. The van der Waals surface area contributed by atoms with Crippen molar-refractivity contribution in [2.24, 2.45) is 11.8 Å². The van der Waals surface area contributed by atoms with Crippen molar-refractivity contribution < 1.29 is 0 Å². The molecule has 0 unspecified atom stereocenters. The summed E-state index contributed by atoms with van der Waals surface area (Å²) < 4.78 is 0. The van der Waals surface area contributed by atoms with Gasteiger partial charge in [0.15, 0.2) is 0 Å². The van der Waals surface area contributed by atoms with Crippen LogP contribution < -0.4 is 5.32 Å². The maximum Gasteiger partial charge on any atom is 0.0233 e. The Morgan fingerprint density at radius 2 is 1.90 bits per heavy atom. The Bertz CT molecular complexity index is 396. The first kappa shape index (κ1) is 15.5. The third-order valence-corrected chi connectivity index (χ3v) is 3.95. The minimum absolute atomic E-state index is 0.731. The van der Waals surface area contributed by atoms with Gasteiger partial charge in [-0.25, -0.2) is 0 Å². The Balaban J connectivity index is 1.81. The molecular weight excluding hydrogens is 244 g/mol. The van der Waals surface area contributed by atoms with E-state index in [0.29, 0.717) is 0 Å². The van der Waals surface area contributed by atoms with Crippen molar-refractivity contribution in [3.63, 3.8) is 0 Å². The van der Waals surface area contributed by atoms with Gasteiger partial charge in [-0.3, -0.25) is 0 Å². The van der Waals surface area contributed by atoms with E-state index in [9.17, 15) is 0 Å². The Labute approximate surface area is 124 Å². The van der Waals surface area contributed by atoms with Gasteiger partial charge in [0.1, 0.15) is 0 Å². The highest BCUT2D eigenvalue weighted by molar-refractivity contribution is 5.27. The average Bonchev–Trinajstić information content (AvgIpc) is 3.20. The van der Waals surface area contributed by atoms with Crippen LogP contribution in [-0.4, -0.2) is 31.6 Å². The first-order chi connectivity index (χ1) is 9.65. The Hall–Kier alpha value is -0.860. The van der Waals surface area contributed by atoms with Gasteiger partial charge in [0, 0.05) is 13.1 Å². The van der Waals surface area contributed by atoms with Crippen LogP contribution >= 0.6 is 0 Å². The van der Waals surface area contributed by atoms with Crippen molar-refractivity contribution in [1.29, 1.82) is 0 Å². The SMILES string of the molecule is CC(C)CNCCc1ccccc1CN(C)CC1CC1. The van der Waals surface area contributed by atoms with Gasteiger partial charge in [-0.15, -0.1) is 0 Å². The highest BCUT2D eigenvalue weighted by Gasteiger charge is 2.22.